The van der Waals surface area contributed by atoms with E-state index in [1.54, 1.807) is 0 Å². The van der Waals surface area contributed by atoms with E-state index in [4.69, 9.17) is 11.5 Å². The average molecular weight is 220 g/mol. The Balaban J connectivity index is 3.20. The van der Waals surface area contributed by atoms with Gasteiger partial charge >= 0.3 is 0 Å². The summed E-state index contributed by atoms with van der Waals surface area (Å²) in [6.45, 7) is 11.3. The minimum atomic E-state index is -0.0630. The summed E-state index contributed by atoms with van der Waals surface area (Å²) in [6, 6.07) is 4.28. The highest BCUT2D eigenvalue weighted by atomic mass is 14.7. The van der Waals surface area contributed by atoms with Gasteiger partial charge in [-0.3, -0.25) is 0 Å². The molecule has 90 valence electrons. The van der Waals surface area contributed by atoms with E-state index >= 15 is 0 Å². The van der Waals surface area contributed by atoms with Crippen molar-refractivity contribution in [3.8, 4) is 0 Å². The zero-order valence-corrected chi connectivity index (χ0v) is 11.1. The number of benzene rings is 1. The average Bonchev–Trinajstić information content (AvgIpc) is 2.25. The molecular formula is C14H24N2. The Morgan fingerprint density at radius 2 is 1.69 bits per heavy atom. The molecule has 0 heterocycles. The summed E-state index contributed by atoms with van der Waals surface area (Å²) in [5.41, 5.74) is 17.2. The molecule has 0 fully saturated rings. The first-order chi connectivity index (χ1) is 7.31. The van der Waals surface area contributed by atoms with E-state index in [-0.39, 0.29) is 11.5 Å². The number of hydrogen-bond donors (Lipinski definition) is 2. The fourth-order valence-electron chi connectivity index (χ4n) is 1.86. The molecule has 1 aromatic carbocycles. The highest BCUT2D eigenvalue weighted by Crippen LogP contribution is 2.33. The molecule has 0 aliphatic carbocycles. The molecule has 2 nitrogen and oxygen atoms in total. The topological polar surface area (TPSA) is 52.0 Å². The van der Waals surface area contributed by atoms with Crippen LogP contribution in [0.3, 0.4) is 0 Å². The summed E-state index contributed by atoms with van der Waals surface area (Å²) >= 11 is 0. The Hall–Kier alpha value is -0.860. The fourth-order valence-corrected chi connectivity index (χ4v) is 1.86. The van der Waals surface area contributed by atoms with Gasteiger partial charge in [-0.1, -0.05) is 26.0 Å². The molecule has 1 rings (SSSR count). The van der Waals surface area contributed by atoms with Gasteiger partial charge in [-0.05, 0) is 55.0 Å². The van der Waals surface area contributed by atoms with Crippen molar-refractivity contribution in [1.29, 1.82) is 0 Å². The maximum absolute atomic E-state index is 6.32. The lowest BCUT2D eigenvalue weighted by molar-refractivity contribution is 0.300. The molecule has 0 saturated heterocycles. The van der Waals surface area contributed by atoms with Gasteiger partial charge in [0.2, 0.25) is 0 Å². The van der Waals surface area contributed by atoms with Crippen LogP contribution in [0, 0.1) is 26.2 Å². The predicted molar refractivity (Wildman–Crippen MR) is 70.4 cm³/mol. The molecule has 1 unspecified atom stereocenters. The first-order valence-corrected chi connectivity index (χ1v) is 5.83. The molecule has 0 aromatic heterocycles. The van der Waals surface area contributed by atoms with Crippen molar-refractivity contribution >= 4 is 0 Å². The molecule has 2 heteroatoms. The Bertz CT molecular complexity index is 381. The van der Waals surface area contributed by atoms with Crippen LogP contribution in [0.1, 0.15) is 42.1 Å². The molecule has 0 amide bonds. The molecule has 4 N–H and O–H groups in total. The second-order valence-electron chi connectivity index (χ2n) is 5.39. The summed E-state index contributed by atoms with van der Waals surface area (Å²) < 4.78 is 0. The first-order valence-electron chi connectivity index (χ1n) is 5.83. The summed E-state index contributed by atoms with van der Waals surface area (Å²) in [5, 5.41) is 0. The minimum absolute atomic E-state index is 0.00296. The number of aryl methyl sites for hydroxylation is 1. The highest BCUT2D eigenvalue weighted by molar-refractivity contribution is 5.40. The van der Waals surface area contributed by atoms with Gasteiger partial charge in [-0.15, -0.1) is 0 Å². The minimum Gasteiger partial charge on any atom is -0.330 e. The van der Waals surface area contributed by atoms with E-state index in [0.29, 0.717) is 6.54 Å². The maximum Gasteiger partial charge on any atom is 0.0361 e. The third-order valence-corrected chi connectivity index (χ3v) is 3.80. The molecule has 0 spiro atoms. The van der Waals surface area contributed by atoms with E-state index in [2.05, 4.69) is 46.8 Å². The van der Waals surface area contributed by atoms with Gasteiger partial charge in [0, 0.05) is 6.04 Å². The van der Waals surface area contributed by atoms with Crippen LogP contribution in [0.25, 0.3) is 0 Å². The van der Waals surface area contributed by atoms with Gasteiger partial charge in [0.15, 0.2) is 0 Å². The van der Waals surface area contributed by atoms with Gasteiger partial charge in [0.1, 0.15) is 0 Å². The fraction of sp³-hybridized carbons (Fsp3) is 0.571. The smallest absolute Gasteiger partial charge is 0.0361 e. The number of nitrogens with two attached hydrogens (primary N) is 2. The van der Waals surface area contributed by atoms with Crippen LogP contribution in [-0.4, -0.2) is 6.54 Å². The van der Waals surface area contributed by atoms with Gasteiger partial charge in [0.25, 0.3) is 0 Å². The second kappa shape index (κ2) is 4.56. The van der Waals surface area contributed by atoms with E-state index in [9.17, 15) is 0 Å². The van der Waals surface area contributed by atoms with Crippen molar-refractivity contribution in [2.45, 2.75) is 40.7 Å². The number of hydrogen-bond acceptors (Lipinski definition) is 2. The molecule has 0 aliphatic rings. The largest absolute Gasteiger partial charge is 0.330 e. The normalized spacial score (nSPS) is 13.9. The monoisotopic (exact) mass is 220 g/mol. The third-order valence-electron chi connectivity index (χ3n) is 3.80. The lowest BCUT2D eigenvalue weighted by Gasteiger charge is -2.32. The molecule has 0 radical (unpaired) electrons. The van der Waals surface area contributed by atoms with Crippen LogP contribution in [0.2, 0.25) is 0 Å². The summed E-state index contributed by atoms with van der Waals surface area (Å²) in [4.78, 5) is 0. The van der Waals surface area contributed by atoms with Crippen molar-refractivity contribution in [1.82, 2.24) is 0 Å². The Morgan fingerprint density at radius 1 is 1.12 bits per heavy atom. The zero-order chi connectivity index (χ0) is 12.5. The van der Waals surface area contributed by atoms with E-state index in [1.807, 2.05) is 0 Å². The molecule has 0 saturated carbocycles. The molecule has 16 heavy (non-hydrogen) atoms. The van der Waals surface area contributed by atoms with E-state index < -0.39 is 0 Å². The molecule has 1 atom stereocenters. The second-order valence-corrected chi connectivity index (χ2v) is 5.39. The van der Waals surface area contributed by atoms with Crippen LogP contribution in [0.5, 0.6) is 0 Å². The summed E-state index contributed by atoms with van der Waals surface area (Å²) in [5.74, 6) is 0. The summed E-state index contributed by atoms with van der Waals surface area (Å²) in [7, 11) is 0. The lowest BCUT2D eigenvalue weighted by Crippen LogP contribution is -2.36. The van der Waals surface area contributed by atoms with E-state index in [0.717, 1.165) is 0 Å². The van der Waals surface area contributed by atoms with Crippen molar-refractivity contribution < 1.29 is 0 Å². The lowest BCUT2D eigenvalue weighted by atomic mass is 9.79. The maximum atomic E-state index is 6.32. The first kappa shape index (κ1) is 13.2. The molecule has 0 aliphatic heterocycles. The van der Waals surface area contributed by atoms with Crippen LogP contribution in [0.4, 0.5) is 0 Å². The van der Waals surface area contributed by atoms with Crippen molar-refractivity contribution in [3.63, 3.8) is 0 Å². The van der Waals surface area contributed by atoms with Crippen LogP contribution >= 0.6 is 0 Å². The van der Waals surface area contributed by atoms with Crippen molar-refractivity contribution in [2.24, 2.45) is 16.9 Å². The quantitative estimate of drug-likeness (QED) is 0.822. The van der Waals surface area contributed by atoms with E-state index in [1.165, 1.54) is 22.3 Å². The van der Waals surface area contributed by atoms with Crippen LogP contribution < -0.4 is 11.5 Å². The molecule has 0 bridgehead atoms. The summed E-state index contributed by atoms with van der Waals surface area (Å²) in [6.07, 6.45) is 0. The standard InChI is InChI=1S/C14H24N2/c1-9-6-7-12(11(3)10(9)2)13(16)14(4,5)8-15/h6-7,13H,8,15-16H2,1-5H3. The van der Waals surface area contributed by atoms with Crippen molar-refractivity contribution in [2.75, 3.05) is 6.54 Å². The Morgan fingerprint density at radius 3 is 2.19 bits per heavy atom. The Kier molecular flexibility index (Phi) is 3.76. The van der Waals surface area contributed by atoms with Gasteiger partial charge in [-0.25, -0.2) is 0 Å². The highest BCUT2D eigenvalue weighted by Gasteiger charge is 2.27. The van der Waals surface area contributed by atoms with Crippen LogP contribution in [0.15, 0.2) is 12.1 Å². The van der Waals surface area contributed by atoms with Crippen LogP contribution in [-0.2, 0) is 0 Å². The Labute approximate surface area is 99.0 Å². The molecular weight excluding hydrogens is 196 g/mol. The van der Waals surface area contributed by atoms with Gasteiger partial charge in [-0.2, -0.15) is 0 Å². The SMILES string of the molecule is Cc1ccc(C(N)C(C)(C)CN)c(C)c1C. The van der Waals surface area contributed by atoms with Crippen molar-refractivity contribution in [3.05, 3.63) is 34.4 Å². The van der Waals surface area contributed by atoms with Gasteiger partial charge in [0.05, 0.1) is 0 Å². The van der Waals surface area contributed by atoms with Gasteiger partial charge < -0.3 is 11.5 Å². The zero-order valence-electron chi connectivity index (χ0n) is 11.1. The number of rotatable bonds is 3. The third kappa shape index (κ3) is 2.28. The predicted octanol–water partition coefficient (Wildman–Crippen LogP) is 2.60. The molecule has 1 aromatic rings.